The third-order valence-corrected chi connectivity index (χ3v) is 10.2. The average molecular weight is 641 g/mol. The van der Waals surface area contributed by atoms with Crippen molar-refractivity contribution in [1.82, 2.24) is 4.57 Å². The molecule has 11 aromatic rings. The van der Waals surface area contributed by atoms with Crippen LogP contribution in [0, 0.1) is 0 Å². The topological polar surface area (TPSA) is 34.5 Å². The predicted molar refractivity (Wildman–Crippen MR) is 208 cm³/mol. The number of para-hydroxylation sites is 4. The number of aromatic nitrogens is 1. The Morgan fingerprint density at radius 2 is 0.920 bits per heavy atom. The number of anilines is 3. The summed E-state index contributed by atoms with van der Waals surface area (Å²) in [4.78, 5) is 2.38. The Labute approximate surface area is 286 Å². The maximum atomic E-state index is 6.52. The summed E-state index contributed by atoms with van der Waals surface area (Å²) in [5.74, 6) is 0. The Bertz CT molecular complexity index is 3110. The Balaban J connectivity index is 1.25. The lowest BCUT2D eigenvalue weighted by Gasteiger charge is -2.27. The van der Waals surface area contributed by atoms with Gasteiger partial charge >= 0.3 is 0 Å². The minimum atomic E-state index is 0.854. The first-order valence-electron chi connectivity index (χ1n) is 16.9. The summed E-state index contributed by atoms with van der Waals surface area (Å²) in [7, 11) is 0. The van der Waals surface area contributed by atoms with Gasteiger partial charge in [0.25, 0.3) is 0 Å². The Morgan fingerprint density at radius 1 is 0.360 bits per heavy atom. The van der Waals surface area contributed by atoms with Crippen LogP contribution in [0.2, 0.25) is 0 Å². The zero-order valence-electron chi connectivity index (χ0n) is 26.9. The molecule has 4 heteroatoms. The molecular formula is C46H28N2O2. The lowest BCUT2D eigenvalue weighted by molar-refractivity contribution is 0.669. The van der Waals surface area contributed by atoms with Gasteiger partial charge in [-0.05, 0) is 60.7 Å². The van der Waals surface area contributed by atoms with Crippen molar-refractivity contribution in [3.8, 4) is 5.69 Å². The van der Waals surface area contributed by atoms with E-state index in [0.29, 0.717) is 0 Å². The van der Waals surface area contributed by atoms with Crippen LogP contribution in [0.25, 0.3) is 82.1 Å². The van der Waals surface area contributed by atoms with E-state index in [0.717, 1.165) is 82.9 Å². The molecule has 0 aliphatic carbocycles. The molecule has 4 nitrogen and oxygen atoms in total. The normalized spacial score (nSPS) is 12.0. The fourth-order valence-electron chi connectivity index (χ4n) is 7.95. The van der Waals surface area contributed by atoms with E-state index >= 15 is 0 Å². The Kier molecular flexibility index (Phi) is 5.63. The van der Waals surface area contributed by atoms with Crippen molar-refractivity contribution in [3.05, 3.63) is 170 Å². The highest BCUT2D eigenvalue weighted by atomic mass is 16.3. The third kappa shape index (κ3) is 3.87. The van der Waals surface area contributed by atoms with Gasteiger partial charge < -0.3 is 18.3 Å². The van der Waals surface area contributed by atoms with Crippen molar-refractivity contribution in [2.75, 3.05) is 4.90 Å². The van der Waals surface area contributed by atoms with E-state index in [1.807, 2.05) is 24.3 Å². The molecule has 50 heavy (non-hydrogen) atoms. The second-order valence-corrected chi connectivity index (χ2v) is 12.9. The predicted octanol–water partition coefficient (Wildman–Crippen LogP) is 13.2. The number of fused-ring (bicyclic) bond motifs is 11. The molecule has 0 atom stereocenters. The number of hydrogen-bond acceptors (Lipinski definition) is 3. The second-order valence-electron chi connectivity index (χ2n) is 12.9. The third-order valence-electron chi connectivity index (χ3n) is 10.2. The van der Waals surface area contributed by atoms with Crippen LogP contribution in [0.15, 0.2) is 179 Å². The van der Waals surface area contributed by atoms with E-state index in [1.54, 1.807) is 0 Å². The highest BCUT2D eigenvalue weighted by Gasteiger charge is 2.23. The van der Waals surface area contributed by atoms with Gasteiger partial charge in [-0.15, -0.1) is 0 Å². The first kappa shape index (κ1) is 27.2. The van der Waals surface area contributed by atoms with Gasteiger partial charge in [0.15, 0.2) is 0 Å². The summed E-state index contributed by atoms with van der Waals surface area (Å²) < 4.78 is 15.4. The largest absolute Gasteiger partial charge is 0.456 e. The zero-order chi connectivity index (χ0) is 32.8. The maximum Gasteiger partial charge on any atom is 0.143 e. The van der Waals surface area contributed by atoms with Crippen LogP contribution < -0.4 is 4.90 Å². The molecule has 0 aliphatic rings. The summed E-state index contributed by atoms with van der Waals surface area (Å²) in [6, 6.07) is 60.2. The van der Waals surface area contributed by atoms with Crippen LogP contribution in [0.1, 0.15) is 0 Å². The Hall–Kier alpha value is -6.78. The van der Waals surface area contributed by atoms with Gasteiger partial charge in [0.1, 0.15) is 22.3 Å². The van der Waals surface area contributed by atoms with Crippen LogP contribution >= 0.6 is 0 Å². The number of hydrogen-bond donors (Lipinski definition) is 0. The van der Waals surface area contributed by atoms with Gasteiger partial charge in [0.2, 0.25) is 0 Å². The van der Waals surface area contributed by atoms with E-state index in [9.17, 15) is 0 Å². The summed E-state index contributed by atoms with van der Waals surface area (Å²) >= 11 is 0. The average Bonchev–Trinajstić information content (AvgIpc) is 3.84. The van der Waals surface area contributed by atoms with E-state index in [-0.39, 0.29) is 0 Å². The van der Waals surface area contributed by atoms with Crippen molar-refractivity contribution in [2.45, 2.75) is 0 Å². The van der Waals surface area contributed by atoms with Crippen molar-refractivity contribution < 1.29 is 8.83 Å². The standard InChI is InChI=1S/C46H28N2O2/c1-2-12-29(13-3-1)48-40-19-9-6-14-32(40)34-24-22-30(26-41(34)48)47(31-23-25-37-35-16-7-10-20-43(35)49-45(37)27-31)42-28-39-36-17-8-11-21-44(36)50-46(39)38-18-5-4-15-33(38)42/h1-28H. The number of furan rings is 2. The van der Waals surface area contributed by atoms with Crippen molar-refractivity contribution in [3.63, 3.8) is 0 Å². The van der Waals surface area contributed by atoms with Crippen LogP contribution in [-0.2, 0) is 0 Å². The van der Waals surface area contributed by atoms with Crippen LogP contribution in [0.5, 0.6) is 0 Å². The molecule has 11 rings (SSSR count). The maximum absolute atomic E-state index is 6.52. The van der Waals surface area contributed by atoms with Crippen LogP contribution in [0.4, 0.5) is 17.1 Å². The Morgan fingerprint density at radius 3 is 1.72 bits per heavy atom. The summed E-state index contributed by atoms with van der Waals surface area (Å²) in [5.41, 5.74) is 10.1. The molecule has 0 amide bonds. The van der Waals surface area contributed by atoms with Crippen molar-refractivity contribution >= 4 is 93.5 Å². The summed E-state index contributed by atoms with van der Waals surface area (Å²) in [6.07, 6.45) is 0. The number of rotatable bonds is 4. The fraction of sp³-hybridized carbons (Fsp3) is 0. The molecule has 0 spiro atoms. The molecule has 8 aromatic carbocycles. The van der Waals surface area contributed by atoms with Gasteiger partial charge in [-0.1, -0.05) is 103 Å². The molecular weight excluding hydrogens is 613 g/mol. The molecule has 3 aromatic heterocycles. The highest BCUT2D eigenvalue weighted by molar-refractivity contribution is 6.20. The zero-order valence-corrected chi connectivity index (χ0v) is 26.9. The molecule has 0 aliphatic heterocycles. The first-order valence-corrected chi connectivity index (χ1v) is 16.9. The van der Waals surface area contributed by atoms with E-state index in [4.69, 9.17) is 8.83 Å². The lowest BCUT2D eigenvalue weighted by atomic mass is 10.0. The highest BCUT2D eigenvalue weighted by Crippen LogP contribution is 2.46. The molecule has 0 unspecified atom stereocenters. The minimum absolute atomic E-state index is 0.854. The van der Waals surface area contributed by atoms with Gasteiger partial charge in [-0.2, -0.15) is 0 Å². The fourth-order valence-corrected chi connectivity index (χ4v) is 7.95. The molecule has 234 valence electrons. The van der Waals surface area contributed by atoms with E-state index in [2.05, 4.69) is 155 Å². The van der Waals surface area contributed by atoms with Gasteiger partial charge in [0.05, 0.1) is 16.7 Å². The molecule has 3 heterocycles. The minimum Gasteiger partial charge on any atom is -0.456 e. The van der Waals surface area contributed by atoms with Crippen molar-refractivity contribution in [2.24, 2.45) is 0 Å². The SMILES string of the molecule is c1ccc(-n2c3ccccc3c3ccc(N(c4ccc5c(c4)oc4ccccc45)c4cc5c6ccccc6oc5c5ccccc45)cc32)cc1. The second kappa shape index (κ2) is 10.4. The molecule has 0 fully saturated rings. The summed E-state index contributed by atoms with van der Waals surface area (Å²) in [5, 5.41) is 9.02. The molecule has 0 bridgehead atoms. The van der Waals surface area contributed by atoms with E-state index < -0.39 is 0 Å². The summed E-state index contributed by atoms with van der Waals surface area (Å²) in [6.45, 7) is 0. The molecule has 0 radical (unpaired) electrons. The monoisotopic (exact) mass is 640 g/mol. The first-order chi connectivity index (χ1) is 24.8. The van der Waals surface area contributed by atoms with Crippen LogP contribution in [0.3, 0.4) is 0 Å². The number of benzene rings is 8. The van der Waals surface area contributed by atoms with Crippen molar-refractivity contribution in [1.29, 1.82) is 0 Å². The number of nitrogens with zero attached hydrogens (tertiary/aromatic N) is 2. The molecule has 0 N–H and O–H groups in total. The van der Waals surface area contributed by atoms with Gasteiger partial charge in [0, 0.05) is 66.2 Å². The van der Waals surface area contributed by atoms with Crippen LogP contribution in [-0.4, -0.2) is 4.57 Å². The molecule has 0 saturated carbocycles. The molecule has 0 saturated heterocycles. The van der Waals surface area contributed by atoms with Gasteiger partial charge in [-0.3, -0.25) is 0 Å². The van der Waals surface area contributed by atoms with E-state index in [1.165, 1.54) is 16.3 Å². The smallest absolute Gasteiger partial charge is 0.143 e. The quantitative estimate of drug-likeness (QED) is 0.192. The lowest BCUT2D eigenvalue weighted by Crippen LogP contribution is -2.10. The van der Waals surface area contributed by atoms with Gasteiger partial charge in [-0.25, -0.2) is 0 Å².